The van der Waals surface area contributed by atoms with E-state index in [0.717, 1.165) is 0 Å². The smallest absolute Gasteiger partial charge is 0.255 e. The van der Waals surface area contributed by atoms with Crippen molar-refractivity contribution in [2.45, 2.75) is 19.9 Å². The number of ether oxygens (including phenoxy) is 1. The van der Waals surface area contributed by atoms with E-state index in [1.807, 2.05) is 26.0 Å². The molecule has 0 saturated carbocycles. The van der Waals surface area contributed by atoms with Crippen molar-refractivity contribution in [3.63, 3.8) is 0 Å². The Hall–Kier alpha value is -1.55. The van der Waals surface area contributed by atoms with Crippen molar-refractivity contribution >= 4 is 5.91 Å². The molecule has 4 heteroatoms. The number of amides is 1. The molecule has 0 fully saturated rings. The lowest BCUT2D eigenvalue weighted by Crippen LogP contribution is -2.37. The van der Waals surface area contributed by atoms with Crippen LogP contribution in [0.2, 0.25) is 0 Å². The van der Waals surface area contributed by atoms with E-state index < -0.39 is 0 Å². The average molecular weight is 222 g/mol. The molecule has 0 spiro atoms. The van der Waals surface area contributed by atoms with Crippen LogP contribution in [0.4, 0.5) is 0 Å². The average Bonchev–Trinajstić information content (AvgIpc) is 2.30. The van der Waals surface area contributed by atoms with E-state index >= 15 is 0 Å². The molecule has 1 amide bonds. The first-order valence-corrected chi connectivity index (χ1v) is 5.41. The summed E-state index contributed by atoms with van der Waals surface area (Å²) < 4.78 is 5.38. The molecule has 0 saturated heterocycles. The summed E-state index contributed by atoms with van der Waals surface area (Å²) in [5, 5.41) is 2.80. The summed E-state index contributed by atoms with van der Waals surface area (Å²) in [7, 11) is 0. The molecular weight excluding hydrogens is 204 g/mol. The second-order valence-corrected chi connectivity index (χ2v) is 3.54. The van der Waals surface area contributed by atoms with Crippen LogP contribution in [0, 0.1) is 0 Å². The standard InChI is InChI=1S/C12H18N2O2/c1-3-16-11-7-5-4-6-10(11)12(15)14-9(2)8-13/h4-7,9H,3,8,13H2,1-2H3,(H,14,15)/t9-/m1/s1. The van der Waals surface area contributed by atoms with Gasteiger partial charge in [0.25, 0.3) is 5.91 Å². The Balaban J connectivity index is 2.81. The normalized spacial score (nSPS) is 11.9. The van der Waals surface area contributed by atoms with Crippen molar-refractivity contribution in [3.8, 4) is 5.75 Å². The Labute approximate surface area is 95.8 Å². The van der Waals surface area contributed by atoms with Gasteiger partial charge in [0.2, 0.25) is 0 Å². The summed E-state index contributed by atoms with van der Waals surface area (Å²) in [5.41, 5.74) is 6.00. The second kappa shape index (κ2) is 6.12. The zero-order valence-corrected chi connectivity index (χ0v) is 9.69. The predicted octanol–water partition coefficient (Wildman–Crippen LogP) is 1.16. The maximum atomic E-state index is 11.9. The van der Waals surface area contributed by atoms with Crippen molar-refractivity contribution in [1.82, 2.24) is 5.32 Å². The highest BCUT2D eigenvalue weighted by atomic mass is 16.5. The monoisotopic (exact) mass is 222 g/mol. The molecule has 16 heavy (non-hydrogen) atoms. The highest BCUT2D eigenvalue weighted by Gasteiger charge is 2.13. The zero-order chi connectivity index (χ0) is 12.0. The summed E-state index contributed by atoms with van der Waals surface area (Å²) in [5.74, 6) is 0.453. The number of carbonyl (C=O) groups excluding carboxylic acids is 1. The van der Waals surface area contributed by atoms with E-state index in [2.05, 4.69) is 5.32 Å². The molecule has 0 unspecified atom stereocenters. The fourth-order valence-electron chi connectivity index (χ4n) is 1.30. The predicted molar refractivity (Wildman–Crippen MR) is 63.6 cm³/mol. The van der Waals surface area contributed by atoms with Gasteiger partial charge in [-0.1, -0.05) is 12.1 Å². The zero-order valence-electron chi connectivity index (χ0n) is 9.69. The van der Waals surface area contributed by atoms with E-state index in [-0.39, 0.29) is 11.9 Å². The molecular formula is C12H18N2O2. The molecule has 4 nitrogen and oxygen atoms in total. The van der Waals surface area contributed by atoms with Crippen LogP contribution in [0.5, 0.6) is 5.75 Å². The van der Waals surface area contributed by atoms with E-state index in [1.165, 1.54) is 0 Å². The lowest BCUT2D eigenvalue weighted by Gasteiger charge is -2.13. The molecule has 1 rings (SSSR count). The third-order valence-electron chi connectivity index (χ3n) is 2.16. The Bertz CT molecular complexity index is 353. The molecule has 0 radical (unpaired) electrons. The van der Waals surface area contributed by atoms with Crippen LogP contribution in [0.3, 0.4) is 0 Å². The summed E-state index contributed by atoms with van der Waals surface area (Å²) in [6.07, 6.45) is 0. The van der Waals surface area contributed by atoms with Crippen molar-refractivity contribution < 1.29 is 9.53 Å². The summed E-state index contributed by atoms with van der Waals surface area (Å²) in [4.78, 5) is 11.9. The molecule has 0 aliphatic carbocycles. The van der Waals surface area contributed by atoms with Gasteiger partial charge in [-0.25, -0.2) is 0 Å². The van der Waals surface area contributed by atoms with Crippen LogP contribution in [0.1, 0.15) is 24.2 Å². The molecule has 1 aromatic carbocycles. The first kappa shape index (κ1) is 12.5. The van der Waals surface area contributed by atoms with Gasteiger partial charge in [-0.05, 0) is 26.0 Å². The summed E-state index contributed by atoms with van der Waals surface area (Å²) >= 11 is 0. The Kier molecular flexibility index (Phi) is 4.79. The number of hydrogen-bond acceptors (Lipinski definition) is 3. The number of hydrogen-bond donors (Lipinski definition) is 2. The van der Waals surface area contributed by atoms with Crippen molar-refractivity contribution in [2.24, 2.45) is 5.73 Å². The van der Waals surface area contributed by atoms with Gasteiger partial charge in [0.05, 0.1) is 12.2 Å². The van der Waals surface area contributed by atoms with E-state index in [0.29, 0.717) is 24.5 Å². The Morgan fingerprint density at radius 2 is 2.19 bits per heavy atom. The number of rotatable bonds is 5. The van der Waals surface area contributed by atoms with Crippen LogP contribution in [-0.4, -0.2) is 25.1 Å². The van der Waals surface area contributed by atoms with Crippen LogP contribution in [-0.2, 0) is 0 Å². The quantitative estimate of drug-likeness (QED) is 0.785. The SMILES string of the molecule is CCOc1ccccc1C(=O)N[C@H](C)CN. The third kappa shape index (κ3) is 3.24. The Morgan fingerprint density at radius 1 is 1.50 bits per heavy atom. The van der Waals surface area contributed by atoms with Gasteiger partial charge in [0.1, 0.15) is 5.75 Å². The van der Waals surface area contributed by atoms with Crippen molar-refractivity contribution in [1.29, 1.82) is 0 Å². The second-order valence-electron chi connectivity index (χ2n) is 3.54. The van der Waals surface area contributed by atoms with Gasteiger partial charge in [-0.15, -0.1) is 0 Å². The number of para-hydroxylation sites is 1. The molecule has 0 aromatic heterocycles. The lowest BCUT2D eigenvalue weighted by molar-refractivity contribution is 0.0937. The van der Waals surface area contributed by atoms with Crippen molar-refractivity contribution in [3.05, 3.63) is 29.8 Å². The fourth-order valence-corrected chi connectivity index (χ4v) is 1.30. The van der Waals surface area contributed by atoms with Gasteiger partial charge in [-0.3, -0.25) is 4.79 Å². The molecule has 3 N–H and O–H groups in total. The number of nitrogens with two attached hydrogens (primary N) is 1. The highest BCUT2D eigenvalue weighted by molar-refractivity contribution is 5.97. The molecule has 1 aromatic rings. The topological polar surface area (TPSA) is 64.3 Å². The third-order valence-corrected chi connectivity index (χ3v) is 2.16. The number of nitrogens with one attached hydrogen (secondary N) is 1. The van der Waals surface area contributed by atoms with E-state index in [9.17, 15) is 4.79 Å². The fraction of sp³-hybridized carbons (Fsp3) is 0.417. The summed E-state index contributed by atoms with van der Waals surface area (Å²) in [6.45, 7) is 4.71. The van der Waals surface area contributed by atoms with Gasteiger partial charge >= 0.3 is 0 Å². The number of benzene rings is 1. The molecule has 1 atom stereocenters. The molecule has 88 valence electrons. The maximum Gasteiger partial charge on any atom is 0.255 e. The minimum absolute atomic E-state index is 0.0396. The molecule has 0 bridgehead atoms. The van der Waals surface area contributed by atoms with E-state index in [4.69, 9.17) is 10.5 Å². The van der Waals surface area contributed by atoms with Gasteiger partial charge < -0.3 is 15.8 Å². The largest absolute Gasteiger partial charge is 0.493 e. The van der Waals surface area contributed by atoms with Gasteiger partial charge in [0, 0.05) is 12.6 Å². The first-order chi connectivity index (χ1) is 7.69. The van der Waals surface area contributed by atoms with Crippen LogP contribution < -0.4 is 15.8 Å². The highest BCUT2D eigenvalue weighted by Crippen LogP contribution is 2.17. The Morgan fingerprint density at radius 3 is 2.81 bits per heavy atom. The minimum atomic E-state index is -0.151. The van der Waals surface area contributed by atoms with Gasteiger partial charge in [0.15, 0.2) is 0 Å². The van der Waals surface area contributed by atoms with Crippen LogP contribution in [0.15, 0.2) is 24.3 Å². The molecule has 0 heterocycles. The number of carbonyl (C=O) groups is 1. The summed E-state index contributed by atoms with van der Waals surface area (Å²) in [6, 6.07) is 7.13. The minimum Gasteiger partial charge on any atom is -0.493 e. The molecule has 0 aliphatic heterocycles. The van der Waals surface area contributed by atoms with E-state index in [1.54, 1.807) is 12.1 Å². The van der Waals surface area contributed by atoms with Crippen LogP contribution in [0.25, 0.3) is 0 Å². The maximum absolute atomic E-state index is 11.9. The van der Waals surface area contributed by atoms with Crippen molar-refractivity contribution in [2.75, 3.05) is 13.2 Å². The molecule has 0 aliphatic rings. The van der Waals surface area contributed by atoms with Gasteiger partial charge in [-0.2, -0.15) is 0 Å². The lowest BCUT2D eigenvalue weighted by atomic mass is 10.1. The first-order valence-electron chi connectivity index (χ1n) is 5.41. The van der Waals surface area contributed by atoms with Crippen LogP contribution >= 0.6 is 0 Å².